The second kappa shape index (κ2) is 6.38. The van der Waals surface area contributed by atoms with Crippen molar-refractivity contribution in [3.8, 4) is 11.5 Å². The van der Waals surface area contributed by atoms with E-state index in [4.69, 9.17) is 9.47 Å². The topological polar surface area (TPSA) is 30.5 Å². The van der Waals surface area contributed by atoms with Crippen LogP contribution in [-0.2, 0) is 6.54 Å². The monoisotopic (exact) mass is 223 g/mol. The molecule has 1 rings (SSSR count). The molecule has 3 nitrogen and oxygen atoms in total. The van der Waals surface area contributed by atoms with Crippen LogP contribution in [0.4, 0.5) is 0 Å². The highest BCUT2D eigenvalue weighted by molar-refractivity contribution is 5.40. The fraction of sp³-hybridized carbons (Fsp3) is 0.538. The Balaban J connectivity index is 2.80. The summed E-state index contributed by atoms with van der Waals surface area (Å²) < 4.78 is 11.0. The molecule has 3 heteroatoms. The fourth-order valence-corrected chi connectivity index (χ4v) is 1.41. The van der Waals surface area contributed by atoms with Crippen LogP contribution in [0.5, 0.6) is 11.5 Å². The van der Waals surface area contributed by atoms with Gasteiger partial charge >= 0.3 is 0 Å². The predicted molar refractivity (Wildman–Crippen MR) is 66.1 cm³/mol. The number of nitrogens with one attached hydrogen (secondary N) is 1. The minimum absolute atomic E-state index is 0.532. The van der Waals surface area contributed by atoms with E-state index in [2.05, 4.69) is 19.2 Å². The summed E-state index contributed by atoms with van der Waals surface area (Å²) in [5, 5.41) is 3.13. The van der Waals surface area contributed by atoms with Gasteiger partial charge < -0.3 is 14.8 Å². The summed E-state index contributed by atoms with van der Waals surface area (Å²) in [5.41, 5.74) is 1.13. The summed E-state index contributed by atoms with van der Waals surface area (Å²) in [5.74, 6) is 2.33. The molecule has 0 aromatic heterocycles. The molecule has 0 heterocycles. The van der Waals surface area contributed by atoms with Gasteiger partial charge in [-0.25, -0.2) is 0 Å². The molecule has 1 aromatic rings. The van der Waals surface area contributed by atoms with Crippen LogP contribution in [0.15, 0.2) is 18.2 Å². The second-order valence-corrected chi connectivity index (χ2v) is 4.21. The van der Waals surface area contributed by atoms with Crippen molar-refractivity contribution in [1.29, 1.82) is 0 Å². The van der Waals surface area contributed by atoms with Gasteiger partial charge in [-0.05, 0) is 31.2 Å². The molecule has 0 amide bonds. The normalized spacial score (nSPS) is 10.6. The highest BCUT2D eigenvalue weighted by Crippen LogP contribution is 2.24. The molecule has 0 radical (unpaired) electrons. The molecular formula is C13H21NO2. The van der Waals surface area contributed by atoms with Gasteiger partial charge in [0.05, 0.1) is 13.7 Å². The smallest absolute Gasteiger partial charge is 0.124 e. The van der Waals surface area contributed by atoms with E-state index in [0.29, 0.717) is 5.92 Å². The molecule has 0 aliphatic rings. The highest BCUT2D eigenvalue weighted by Gasteiger charge is 2.05. The van der Waals surface area contributed by atoms with Gasteiger partial charge in [-0.3, -0.25) is 0 Å². The first-order chi connectivity index (χ1) is 7.67. The van der Waals surface area contributed by atoms with E-state index < -0.39 is 0 Å². The molecule has 0 bridgehead atoms. The highest BCUT2D eigenvalue weighted by atomic mass is 16.5. The summed E-state index contributed by atoms with van der Waals surface area (Å²) in [6.07, 6.45) is 0. The van der Waals surface area contributed by atoms with E-state index >= 15 is 0 Å². The number of hydrogen-bond donors (Lipinski definition) is 1. The van der Waals surface area contributed by atoms with E-state index in [1.165, 1.54) is 0 Å². The van der Waals surface area contributed by atoms with Crippen molar-refractivity contribution in [3.63, 3.8) is 0 Å². The van der Waals surface area contributed by atoms with E-state index in [1.807, 2.05) is 25.2 Å². The van der Waals surface area contributed by atoms with E-state index in [-0.39, 0.29) is 0 Å². The number of ether oxygens (including phenoxy) is 2. The van der Waals surface area contributed by atoms with Gasteiger partial charge in [0.2, 0.25) is 0 Å². The van der Waals surface area contributed by atoms with Gasteiger partial charge in [0, 0.05) is 12.1 Å². The number of benzene rings is 1. The zero-order chi connectivity index (χ0) is 12.0. The molecule has 0 spiro atoms. The summed E-state index contributed by atoms with van der Waals surface area (Å²) in [4.78, 5) is 0. The van der Waals surface area contributed by atoms with Crippen LogP contribution in [0.2, 0.25) is 0 Å². The first kappa shape index (κ1) is 12.8. The molecule has 0 saturated carbocycles. The Hall–Kier alpha value is -1.22. The standard InChI is InChI=1S/C13H21NO2/c1-10(2)9-16-13-6-5-12(15-4)7-11(13)8-14-3/h5-7,10,14H,8-9H2,1-4H3. The maximum Gasteiger partial charge on any atom is 0.124 e. The maximum atomic E-state index is 5.76. The van der Waals surface area contributed by atoms with Crippen LogP contribution >= 0.6 is 0 Å². The third kappa shape index (κ3) is 3.74. The van der Waals surface area contributed by atoms with Crippen molar-refractivity contribution in [3.05, 3.63) is 23.8 Å². The minimum atomic E-state index is 0.532. The van der Waals surface area contributed by atoms with Crippen LogP contribution in [0.3, 0.4) is 0 Å². The molecule has 0 atom stereocenters. The fourth-order valence-electron chi connectivity index (χ4n) is 1.41. The molecule has 1 aromatic carbocycles. The molecule has 90 valence electrons. The average Bonchev–Trinajstić information content (AvgIpc) is 2.27. The van der Waals surface area contributed by atoms with Crippen molar-refractivity contribution in [2.24, 2.45) is 5.92 Å². The molecular weight excluding hydrogens is 202 g/mol. The van der Waals surface area contributed by atoms with Crippen LogP contribution < -0.4 is 14.8 Å². The Kier molecular flexibility index (Phi) is 5.12. The van der Waals surface area contributed by atoms with Crippen LogP contribution in [0, 0.1) is 5.92 Å². The number of methoxy groups -OCH3 is 1. The molecule has 16 heavy (non-hydrogen) atoms. The Bertz CT molecular complexity index is 324. The van der Waals surface area contributed by atoms with Gasteiger partial charge in [0.15, 0.2) is 0 Å². The summed E-state index contributed by atoms with van der Waals surface area (Å²) in [7, 11) is 3.60. The van der Waals surface area contributed by atoms with Crippen LogP contribution in [0.25, 0.3) is 0 Å². The Morgan fingerprint density at radius 3 is 2.62 bits per heavy atom. The second-order valence-electron chi connectivity index (χ2n) is 4.21. The van der Waals surface area contributed by atoms with Gasteiger partial charge in [-0.1, -0.05) is 13.8 Å². The maximum absolute atomic E-state index is 5.76. The summed E-state index contributed by atoms with van der Waals surface area (Å²) in [6, 6.07) is 5.90. The molecule has 1 N–H and O–H groups in total. The van der Waals surface area contributed by atoms with Crippen LogP contribution in [-0.4, -0.2) is 20.8 Å². The summed E-state index contributed by atoms with van der Waals surface area (Å²) >= 11 is 0. The van der Waals surface area contributed by atoms with Crippen molar-refractivity contribution < 1.29 is 9.47 Å². The molecule has 0 aliphatic carbocycles. The Morgan fingerprint density at radius 2 is 2.06 bits per heavy atom. The molecule has 0 saturated heterocycles. The van der Waals surface area contributed by atoms with Gasteiger partial charge in [-0.2, -0.15) is 0 Å². The van der Waals surface area contributed by atoms with Crippen molar-refractivity contribution in [2.75, 3.05) is 20.8 Å². The lowest BCUT2D eigenvalue weighted by atomic mass is 10.2. The molecule has 0 aliphatic heterocycles. The number of rotatable bonds is 6. The zero-order valence-electron chi connectivity index (χ0n) is 10.5. The summed E-state index contributed by atoms with van der Waals surface area (Å²) in [6.45, 7) is 5.80. The van der Waals surface area contributed by atoms with Crippen molar-refractivity contribution in [1.82, 2.24) is 5.32 Å². The van der Waals surface area contributed by atoms with Gasteiger partial charge in [0.1, 0.15) is 11.5 Å². The molecule has 0 unspecified atom stereocenters. The third-order valence-electron chi connectivity index (χ3n) is 2.21. The van der Waals surface area contributed by atoms with E-state index in [9.17, 15) is 0 Å². The zero-order valence-corrected chi connectivity index (χ0v) is 10.5. The van der Waals surface area contributed by atoms with Crippen LogP contribution in [0.1, 0.15) is 19.4 Å². The Labute approximate surface area is 97.8 Å². The van der Waals surface area contributed by atoms with Crippen molar-refractivity contribution in [2.45, 2.75) is 20.4 Å². The SMILES string of the molecule is CNCc1cc(OC)ccc1OCC(C)C. The Morgan fingerprint density at radius 1 is 1.31 bits per heavy atom. The van der Waals surface area contributed by atoms with Crippen molar-refractivity contribution >= 4 is 0 Å². The number of hydrogen-bond acceptors (Lipinski definition) is 3. The van der Waals surface area contributed by atoms with E-state index in [0.717, 1.165) is 30.2 Å². The third-order valence-corrected chi connectivity index (χ3v) is 2.21. The lowest BCUT2D eigenvalue weighted by Crippen LogP contribution is -2.10. The molecule has 0 fully saturated rings. The van der Waals surface area contributed by atoms with Gasteiger partial charge in [-0.15, -0.1) is 0 Å². The van der Waals surface area contributed by atoms with E-state index in [1.54, 1.807) is 7.11 Å². The average molecular weight is 223 g/mol. The largest absolute Gasteiger partial charge is 0.497 e. The lowest BCUT2D eigenvalue weighted by Gasteiger charge is -2.14. The first-order valence-corrected chi connectivity index (χ1v) is 5.61. The lowest BCUT2D eigenvalue weighted by molar-refractivity contribution is 0.267. The first-order valence-electron chi connectivity index (χ1n) is 5.61. The predicted octanol–water partition coefficient (Wildman–Crippen LogP) is 2.45. The van der Waals surface area contributed by atoms with Gasteiger partial charge in [0.25, 0.3) is 0 Å². The minimum Gasteiger partial charge on any atom is -0.497 e. The quantitative estimate of drug-likeness (QED) is 0.803.